The number of ketones is 1. The molecule has 0 unspecified atom stereocenters. The number of allylic oxidation sites excluding steroid dienone is 2. The largest absolute Gasteiger partial charge is 0.512 e. The molecule has 0 aliphatic rings. The first-order valence-corrected chi connectivity index (χ1v) is 17.0. The molecule has 6 rings (SSSR count). The van der Waals surface area contributed by atoms with Crippen molar-refractivity contribution in [2.75, 3.05) is 0 Å². The molecule has 48 heavy (non-hydrogen) atoms. The van der Waals surface area contributed by atoms with E-state index in [4.69, 9.17) is 4.98 Å². The number of aromatic nitrogens is 3. The number of aliphatic hydroxyl groups excluding tert-OH is 1. The van der Waals surface area contributed by atoms with Gasteiger partial charge in [0.2, 0.25) is 0 Å². The zero-order chi connectivity index (χ0) is 33.9. The zero-order valence-corrected chi connectivity index (χ0v) is 31.9. The summed E-state index contributed by atoms with van der Waals surface area (Å²) in [5.41, 5.74) is 5.40. The summed E-state index contributed by atoms with van der Waals surface area (Å²) in [6.07, 6.45) is 6.59. The summed E-state index contributed by atoms with van der Waals surface area (Å²) < 4.78 is 2.20. The number of rotatable bonds is 8. The Kier molecular flexibility index (Phi) is 12.0. The number of benzene rings is 4. The van der Waals surface area contributed by atoms with Crippen LogP contribution in [0.15, 0.2) is 84.9 Å². The van der Waals surface area contributed by atoms with E-state index in [-0.39, 0.29) is 48.9 Å². The molecular formula is C42H48IrN3O2-. The normalized spacial score (nSPS) is 12.2. The second kappa shape index (κ2) is 15.6. The maximum Gasteiger partial charge on any atom is 0.162 e. The average molecular weight is 819 g/mol. The average Bonchev–Trinajstić information content (AvgIpc) is 3.37. The fraction of sp³-hybridized carbons (Fsp3) is 0.357. The smallest absolute Gasteiger partial charge is 0.162 e. The van der Waals surface area contributed by atoms with E-state index < -0.39 is 0 Å². The number of aliphatic hydroxyl groups is 1. The molecule has 0 aliphatic heterocycles. The minimum Gasteiger partial charge on any atom is -0.512 e. The Morgan fingerprint density at radius 3 is 2.12 bits per heavy atom. The number of carbonyl (C=O) groups excluding carboxylic acids is 1. The summed E-state index contributed by atoms with van der Waals surface area (Å²) in [7, 11) is 2.10. The third-order valence-corrected chi connectivity index (χ3v) is 9.57. The van der Waals surface area contributed by atoms with Crippen molar-refractivity contribution in [1.29, 1.82) is 0 Å². The first-order valence-electron chi connectivity index (χ1n) is 17.0. The van der Waals surface area contributed by atoms with Gasteiger partial charge in [-0.15, -0.1) is 29.1 Å². The predicted octanol–water partition coefficient (Wildman–Crippen LogP) is 11.1. The third kappa shape index (κ3) is 7.26. The maximum atomic E-state index is 11.7. The van der Waals surface area contributed by atoms with Gasteiger partial charge in [-0.05, 0) is 36.5 Å². The Bertz CT molecular complexity index is 2080. The Labute approximate surface area is 298 Å². The molecule has 2 heterocycles. The van der Waals surface area contributed by atoms with Crippen LogP contribution in [0.5, 0.6) is 0 Å². The van der Waals surface area contributed by atoms with Crippen molar-refractivity contribution >= 4 is 49.3 Å². The van der Waals surface area contributed by atoms with Gasteiger partial charge in [-0.25, -0.2) is 4.98 Å². The van der Waals surface area contributed by atoms with Gasteiger partial charge in [0.15, 0.2) is 5.78 Å². The molecule has 1 radical (unpaired) electrons. The van der Waals surface area contributed by atoms with E-state index in [1.807, 2.05) is 27.7 Å². The quantitative estimate of drug-likeness (QED) is 0.0944. The van der Waals surface area contributed by atoms with E-state index in [0.29, 0.717) is 0 Å². The van der Waals surface area contributed by atoms with Crippen molar-refractivity contribution in [2.45, 2.75) is 79.6 Å². The Balaban J connectivity index is 0.000000279. The van der Waals surface area contributed by atoms with Crippen LogP contribution in [0.3, 0.4) is 0 Å². The van der Waals surface area contributed by atoms with Crippen LogP contribution < -0.4 is 0 Å². The molecular weight excluding hydrogens is 771 g/mol. The number of fused-ring (bicyclic) bond motifs is 6. The molecule has 0 atom stereocenters. The zero-order valence-electron chi connectivity index (χ0n) is 29.5. The summed E-state index contributed by atoms with van der Waals surface area (Å²) in [6, 6.07) is 27.4. The van der Waals surface area contributed by atoms with Gasteiger partial charge in [-0.3, -0.25) is 9.78 Å². The number of hydrogen-bond donors (Lipinski definition) is 1. The first-order chi connectivity index (χ1) is 22.5. The molecule has 1 N–H and O–H groups in total. The molecule has 0 bridgehead atoms. The molecule has 6 heteroatoms. The van der Waals surface area contributed by atoms with E-state index in [0.717, 1.165) is 53.4 Å². The van der Waals surface area contributed by atoms with Crippen LogP contribution in [0.4, 0.5) is 0 Å². The summed E-state index contributed by atoms with van der Waals surface area (Å²) in [4.78, 5) is 21.2. The monoisotopic (exact) mass is 819 g/mol. The van der Waals surface area contributed by atoms with Crippen molar-refractivity contribution in [3.05, 3.63) is 96.5 Å². The number of carbonyl (C=O) groups is 1. The minimum atomic E-state index is 0. The van der Waals surface area contributed by atoms with Crippen LogP contribution in [-0.4, -0.2) is 25.4 Å². The van der Waals surface area contributed by atoms with Crippen molar-refractivity contribution < 1.29 is 30.0 Å². The fourth-order valence-corrected chi connectivity index (χ4v) is 6.76. The van der Waals surface area contributed by atoms with Crippen LogP contribution in [0, 0.1) is 17.9 Å². The maximum absolute atomic E-state index is 11.7. The predicted molar refractivity (Wildman–Crippen MR) is 198 cm³/mol. The topological polar surface area (TPSA) is 68.0 Å². The summed E-state index contributed by atoms with van der Waals surface area (Å²) in [6.45, 7) is 14.9. The third-order valence-electron chi connectivity index (χ3n) is 9.57. The van der Waals surface area contributed by atoms with E-state index in [9.17, 15) is 9.90 Å². The van der Waals surface area contributed by atoms with Gasteiger partial charge in [0.1, 0.15) is 12.0 Å². The van der Waals surface area contributed by atoms with Gasteiger partial charge in [0, 0.05) is 66.9 Å². The SMILES string of the molecule is CCC(CC)C(=O)/C=C(\O)C(CC)CC.Cn1c2ncnc(-c3[c-]c4ccccc4c(C(C)(C)C)c3)c2c2ccc3ccccc3c21.[Ir]. The molecule has 5 nitrogen and oxygen atoms in total. The van der Waals surface area contributed by atoms with Gasteiger partial charge in [-0.1, -0.05) is 114 Å². The van der Waals surface area contributed by atoms with E-state index in [2.05, 4.69) is 110 Å². The number of hydrogen-bond acceptors (Lipinski definition) is 4. The van der Waals surface area contributed by atoms with E-state index in [1.54, 1.807) is 6.33 Å². The Morgan fingerprint density at radius 2 is 1.48 bits per heavy atom. The summed E-state index contributed by atoms with van der Waals surface area (Å²) in [5, 5.41) is 16.8. The van der Waals surface area contributed by atoms with Crippen molar-refractivity contribution in [3.63, 3.8) is 0 Å². The van der Waals surface area contributed by atoms with Crippen molar-refractivity contribution in [2.24, 2.45) is 18.9 Å². The standard InChI is InChI=1S/C29H24N3.C13H24O2.Ir/c1-29(2,3)24-16-20(15-19-10-6-7-11-21(19)24)26-25-23-14-13-18-9-5-8-12-22(18)27(23)32(4)28(25)31-17-30-26;1-5-10(6-2)12(14)9-13(15)11(7-3)8-4;/h5-14,16-17H,1-4H3;9-11,14H,5-8H2,1-4H3;/q-1;;/b;12-9-;. The van der Waals surface area contributed by atoms with Crippen LogP contribution >= 0.6 is 0 Å². The molecule has 2 aromatic heterocycles. The molecule has 0 spiro atoms. The summed E-state index contributed by atoms with van der Waals surface area (Å²) in [5.74, 6) is 0.547. The van der Waals surface area contributed by atoms with Gasteiger partial charge in [-0.2, -0.15) is 0 Å². The Morgan fingerprint density at radius 1 is 0.854 bits per heavy atom. The van der Waals surface area contributed by atoms with Crippen LogP contribution in [0.1, 0.15) is 79.7 Å². The molecule has 4 aromatic carbocycles. The van der Waals surface area contributed by atoms with E-state index >= 15 is 0 Å². The first kappa shape index (κ1) is 37.0. The van der Waals surface area contributed by atoms with Gasteiger partial charge in [0.25, 0.3) is 0 Å². The molecule has 0 aliphatic carbocycles. The van der Waals surface area contributed by atoms with Gasteiger partial charge < -0.3 is 9.67 Å². The van der Waals surface area contributed by atoms with Crippen LogP contribution in [0.25, 0.3) is 54.7 Å². The van der Waals surface area contributed by atoms with E-state index in [1.165, 1.54) is 38.7 Å². The van der Waals surface area contributed by atoms with Crippen LogP contribution in [-0.2, 0) is 37.4 Å². The van der Waals surface area contributed by atoms with Gasteiger partial charge in [0.05, 0.1) is 11.3 Å². The van der Waals surface area contributed by atoms with Crippen LogP contribution in [0.2, 0.25) is 0 Å². The summed E-state index contributed by atoms with van der Waals surface area (Å²) >= 11 is 0. The second-order valence-electron chi connectivity index (χ2n) is 13.6. The fourth-order valence-electron chi connectivity index (χ4n) is 6.76. The van der Waals surface area contributed by atoms with Crippen molar-refractivity contribution in [1.82, 2.24) is 14.5 Å². The molecule has 253 valence electrons. The Hall–Kier alpha value is -3.86. The molecule has 0 fully saturated rings. The molecule has 0 saturated carbocycles. The molecule has 0 amide bonds. The number of nitrogens with zero attached hydrogens (tertiary/aromatic N) is 3. The number of aryl methyl sites for hydroxylation is 1. The minimum absolute atomic E-state index is 0. The molecule has 6 aromatic rings. The van der Waals surface area contributed by atoms with Crippen molar-refractivity contribution in [3.8, 4) is 11.3 Å². The second-order valence-corrected chi connectivity index (χ2v) is 13.6. The molecule has 0 saturated heterocycles. The van der Waals surface area contributed by atoms with Gasteiger partial charge >= 0.3 is 0 Å².